The highest BCUT2D eigenvalue weighted by Gasteiger charge is 2.45. The van der Waals surface area contributed by atoms with Crippen molar-refractivity contribution in [1.29, 1.82) is 0 Å². The van der Waals surface area contributed by atoms with Gasteiger partial charge >= 0.3 is 5.97 Å². The van der Waals surface area contributed by atoms with Crippen LogP contribution in [0.15, 0.2) is 66.7 Å². The van der Waals surface area contributed by atoms with Crippen molar-refractivity contribution in [2.75, 3.05) is 19.8 Å². The zero-order chi connectivity index (χ0) is 24.8. The van der Waals surface area contributed by atoms with Gasteiger partial charge in [0, 0.05) is 24.8 Å². The predicted octanol–water partition coefficient (Wildman–Crippen LogP) is 3.34. The Kier molecular flexibility index (Phi) is 7.36. The number of carboxylic acids is 1. The van der Waals surface area contributed by atoms with Crippen LogP contribution in [0.2, 0.25) is 0 Å². The van der Waals surface area contributed by atoms with Crippen LogP contribution in [0.25, 0.3) is 0 Å². The van der Waals surface area contributed by atoms with Crippen molar-refractivity contribution in [1.82, 2.24) is 5.32 Å². The van der Waals surface area contributed by atoms with E-state index in [-0.39, 0.29) is 31.6 Å². The standard InChI is InChI=1S/C28H29NO6/c1-19-5-4-6-20(15-19)11-13-34-25-16-21(9-10-24(25)35-14-12-30)26(31)29-28(27(32)33)17-22-7-2-3-8-23(22)18-28/h2-10,15-16,30H,11-14,17-18H2,1H3,(H,29,31)(H,32,33). The number of aryl methyl sites for hydroxylation is 1. The number of rotatable bonds is 10. The third kappa shape index (κ3) is 5.63. The van der Waals surface area contributed by atoms with E-state index in [1.165, 1.54) is 0 Å². The Morgan fingerprint density at radius 3 is 2.29 bits per heavy atom. The van der Waals surface area contributed by atoms with Gasteiger partial charge in [-0.25, -0.2) is 4.79 Å². The number of nitrogens with one attached hydrogen (secondary N) is 1. The summed E-state index contributed by atoms with van der Waals surface area (Å²) in [5, 5.41) is 21.9. The molecule has 3 aromatic carbocycles. The summed E-state index contributed by atoms with van der Waals surface area (Å²) < 4.78 is 11.5. The number of carbonyl (C=O) groups is 2. The number of hydrogen-bond donors (Lipinski definition) is 3. The second-order valence-electron chi connectivity index (χ2n) is 8.78. The molecule has 7 heteroatoms. The molecule has 3 N–H and O–H groups in total. The molecule has 1 aliphatic rings. The summed E-state index contributed by atoms with van der Waals surface area (Å²) in [6.07, 6.45) is 1.11. The van der Waals surface area contributed by atoms with Gasteiger partial charge in [-0.1, -0.05) is 54.1 Å². The summed E-state index contributed by atoms with van der Waals surface area (Å²) in [5.74, 6) is -0.809. The fourth-order valence-electron chi connectivity index (χ4n) is 4.38. The molecule has 35 heavy (non-hydrogen) atoms. The van der Waals surface area contributed by atoms with E-state index in [2.05, 4.69) is 11.4 Å². The Hall–Kier alpha value is -3.84. The van der Waals surface area contributed by atoms with Gasteiger partial charge in [0.15, 0.2) is 11.5 Å². The van der Waals surface area contributed by atoms with Gasteiger partial charge in [-0.05, 0) is 41.8 Å². The monoisotopic (exact) mass is 475 g/mol. The summed E-state index contributed by atoms with van der Waals surface area (Å²) >= 11 is 0. The maximum absolute atomic E-state index is 13.2. The highest BCUT2D eigenvalue weighted by atomic mass is 16.5. The van der Waals surface area contributed by atoms with E-state index >= 15 is 0 Å². The number of aliphatic carboxylic acids is 1. The number of carboxylic acid groups (broad SMARTS) is 1. The lowest BCUT2D eigenvalue weighted by molar-refractivity contribution is -0.144. The number of ether oxygens (including phenoxy) is 2. The van der Waals surface area contributed by atoms with Crippen LogP contribution in [0.3, 0.4) is 0 Å². The average molecular weight is 476 g/mol. The number of benzene rings is 3. The van der Waals surface area contributed by atoms with E-state index in [9.17, 15) is 14.7 Å². The third-order valence-corrected chi connectivity index (χ3v) is 6.15. The molecule has 0 spiro atoms. The molecule has 0 saturated heterocycles. The zero-order valence-corrected chi connectivity index (χ0v) is 19.6. The minimum absolute atomic E-state index is 0.0835. The van der Waals surface area contributed by atoms with Crippen molar-refractivity contribution in [3.05, 3.63) is 94.5 Å². The molecule has 0 unspecified atom stereocenters. The van der Waals surface area contributed by atoms with Crippen molar-refractivity contribution in [3.63, 3.8) is 0 Å². The van der Waals surface area contributed by atoms with Crippen LogP contribution >= 0.6 is 0 Å². The van der Waals surface area contributed by atoms with E-state index in [0.717, 1.165) is 22.3 Å². The van der Waals surface area contributed by atoms with Crippen molar-refractivity contribution in [3.8, 4) is 11.5 Å². The summed E-state index contributed by atoms with van der Waals surface area (Å²) in [7, 11) is 0. The quantitative estimate of drug-likeness (QED) is 0.415. The Morgan fingerprint density at radius 1 is 0.914 bits per heavy atom. The van der Waals surface area contributed by atoms with E-state index in [4.69, 9.17) is 14.6 Å². The van der Waals surface area contributed by atoms with Crippen LogP contribution in [-0.2, 0) is 24.1 Å². The summed E-state index contributed by atoms with van der Waals surface area (Å²) in [5.41, 5.74) is 2.99. The van der Waals surface area contributed by atoms with Crippen LogP contribution in [0, 0.1) is 6.92 Å². The smallest absolute Gasteiger partial charge is 0.330 e. The second-order valence-corrected chi connectivity index (χ2v) is 8.78. The van der Waals surface area contributed by atoms with E-state index in [0.29, 0.717) is 24.5 Å². The van der Waals surface area contributed by atoms with Gasteiger partial charge < -0.3 is 25.0 Å². The van der Waals surface area contributed by atoms with Gasteiger partial charge in [-0.2, -0.15) is 0 Å². The topological polar surface area (TPSA) is 105 Å². The van der Waals surface area contributed by atoms with Gasteiger partial charge in [0.1, 0.15) is 12.1 Å². The van der Waals surface area contributed by atoms with Gasteiger partial charge in [0.2, 0.25) is 0 Å². The molecule has 7 nitrogen and oxygen atoms in total. The zero-order valence-electron chi connectivity index (χ0n) is 19.6. The summed E-state index contributed by atoms with van der Waals surface area (Å²) in [4.78, 5) is 25.4. The first-order valence-corrected chi connectivity index (χ1v) is 11.6. The number of aliphatic hydroxyl groups is 1. The highest BCUT2D eigenvalue weighted by Crippen LogP contribution is 2.32. The lowest BCUT2D eigenvalue weighted by atomic mass is 9.95. The van der Waals surface area contributed by atoms with Crippen LogP contribution in [0.5, 0.6) is 11.5 Å². The normalized spacial score (nSPS) is 13.7. The maximum atomic E-state index is 13.2. The van der Waals surface area contributed by atoms with E-state index in [1.807, 2.05) is 49.4 Å². The fraction of sp³-hybridized carbons (Fsp3) is 0.286. The largest absolute Gasteiger partial charge is 0.489 e. The number of fused-ring (bicyclic) bond motifs is 1. The Labute approximate surface area is 204 Å². The van der Waals surface area contributed by atoms with Crippen LogP contribution in [0.1, 0.15) is 32.6 Å². The van der Waals surface area contributed by atoms with Crippen LogP contribution in [-0.4, -0.2) is 47.4 Å². The van der Waals surface area contributed by atoms with Crippen LogP contribution < -0.4 is 14.8 Å². The molecule has 3 aromatic rings. The number of hydrogen-bond acceptors (Lipinski definition) is 5. The van der Waals surface area contributed by atoms with Gasteiger partial charge in [-0.15, -0.1) is 0 Å². The Balaban J connectivity index is 1.51. The minimum Gasteiger partial charge on any atom is -0.489 e. The third-order valence-electron chi connectivity index (χ3n) is 6.15. The maximum Gasteiger partial charge on any atom is 0.330 e. The molecule has 4 rings (SSSR count). The average Bonchev–Trinajstić information content (AvgIpc) is 3.22. The number of amides is 1. The van der Waals surface area contributed by atoms with Gasteiger partial charge in [0.25, 0.3) is 5.91 Å². The molecule has 182 valence electrons. The SMILES string of the molecule is Cc1cccc(CCOc2cc(C(=O)NC3(C(=O)O)Cc4ccccc4C3)ccc2OCCO)c1. The molecule has 0 saturated carbocycles. The number of carbonyl (C=O) groups excluding carboxylic acids is 1. The highest BCUT2D eigenvalue weighted by molar-refractivity contribution is 5.99. The molecular weight excluding hydrogens is 446 g/mol. The summed E-state index contributed by atoms with van der Waals surface area (Å²) in [6.45, 7) is 2.31. The first-order chi connectivity index (χ1) is 16.9. The van der Waals surface area contributed by atoms with E-state index in [1.54, 1.807) is 18.2 Å². The molecule has 0 radical (unpaired) electrons. The van der Waals surface area contributed by atoms with Crippen molar-refractivity contribution >= 4 is 11.9 Å². The minimum atomic E-state index is -1.40. The molecule has 1 amide bonds. The molecule has 0 aromatic heterocycles. The lowest BCUT2D eigenvalue weighted by Gasteiger charge is -2.25. The molecule has 0 aliphatic heterocycles. The molecule has 0 heterocycles. The molecule has 0 bridgehead atoms. The Bertz CT molecular complexity index is 1200. The molecule has 0 fully saturated rings. The predicted molar refractivity (Wildman–Crippen MR) is 131 cm³/mol. The Morgan fingerprint density at radius 2 is 1.63 bits per heavy atom. The van der Waals surface area contributed by atoms with E-state index < -0.39 is 17.4 Å². The van der Waals surface area contributed by atoms with Crippen molar-refractivity contribution < 1.29 is 29.3 Å². The van der Waals surface area contributed by atoms with Crippen molar-refractivity contribution in [2.45, 2.75) is 31.7 Å². The second kappa shape index (κ2) is 10.6. The summed E-state index contributed by atoms with van der Waals surface area (Å²) in [6, 6.07) is 20.3. The van der Waals surface area contributed by atoms with Crippen molar-refractivity contribution in [2.24, 2.45) is 0 Å². The number of aliphatic hydroxyl groups excluding tert-OH is 1. The molecular formula is C28H29NO6. The van der Waals surface area contributed by atoms with Crippen LogP contribution in [0.4, 0.5) is 0 Å². The molecule has 0 atom stereocenters. The molecule has 1 aliphatic carbocycles. The first kappa shape index (κ1) is 24.3. The lowest BCUT2D eigenvalue weighted by Crippen LogP contribution is -2.55. The fourth-order valence-corrected chi connectivity index (χ4v) is 4.38. The van der Waals surface area contributed by atoms with Gasteiger partial charge in [0.05, 0.1) is 13.2 Å². The van der Waals surface area contributed by atoms with Gasteiger partial charge in [-0.3, -0.25) is 4.79 Å². The first-order valence-electron chi connectivity index (χ1n) is 11.6.